The molecule has 14 heavy (non-hydrogen) atoms. The van der Waals surface area contributed by atoms with Crippen LogP contribution in [-0.4, -0.2) is 23.0 Å². The highest BCUT2D eigenvalue weighted by atomic mass is 16.2. The average Bonchev–Trinajstić information content (AvgIpc) is 2.15. The van der Waals surface area contributed by atoms with Crippen LogP contribution in [0.25, 0.3) is 0 Å². The lowest BCUT2D eigenvalue weighted by Crippen LogP contribution is -2.32. The highest BCUT2D eigenvalue weighted by molar-refractivity contribution is 5.78. The number of anilines is 2. The van der Waals surface area contributed by atoms with Crippen LogP contribution in [0.4, 0.5) is 11.5 Å². The van der Waals surface area contributed by atoms with Crippen molar-refractivity contribution in [3.05, 3.63) is 20.8 Å². The van der Waals surface area contributed by atoms with Crippen molar-refractivity contribution in [3.8, 4) is 0 Å². The SMILES string of the molecule is CNc1c(NC=O)c(=O)[nH]c(=O)n1C. The predicted molar refractivity (Wildman–Crippen MR) is 51.5 cm³/mol. The first-order valence-electron chi connectivity index (χ1n) is 3.83. The van der Waals surface area contributed by atoms with E-state index >= 15 is 0 Å². The summed E-state index contributed by atoms with van der Waals surface area (Å²) in [6, 6.07) is 0. The van der Waals surface area contributed by atoms with Crippen molar-refractivity contribution in [1.82, 2.24) is 9.55 Å². The van der Waals surface area contributed by atoms with Gasteiger partial charge in [-0.15, -0.1) is 0 Å². The quantitative estimate of drug-likeness (QED) is 0.525. The van der Waals surface area contributed by atoms with Crippen molar-refractivity contribution < 1.29 is 4.79 Å². The molecule has 0 saturated carbocycles. The minimum Gasteiger partial charge on any atom is -0.373 e. The molecule has 0 bridgehead atoms. The van der Waals surface area contributed by atoms with E-state index in [1.807, 2.05) is 0 Å². The van der Waals surface area contributed by atoms with Crippen LogP contribution in [0.1, 0.15) is 0 Å². The molecule has 0 radical (unpaired) electrons. The highest BCUT2D eigenvalue weighted by Gasteiger charge is 2.09. The van der Waals surface area contributed by atoms with Crippen molar-refractivity contribution in [2.75, 3.05) is 17.7 Å². The zero-order chi connectivity index (χ0) is 10.7. The Morgan fingerprint density at radius 1 is 1.43 bits per heavy atom. The van der Waals surface area contributed by atoms with E-state index in [1.54, 1.807) is 7.05 Å². The molecule has 0 fully saturated rings. The van der Waals surface area contributed by atoms with Crippen molar-refractivity contribution in [1.29, 1.82) is 0 Å². The minimum atomic E-state index is -0.635. The van der Waals surface area contributed by atoms with Gasteiger partial charge >= 0.3 is 5.69 Å². The van der Waals surface area contributed by atoms with Gasteiger partial charge in [0.15, 0.2) is 0 Å². The second-order valence-corrected chi connectivity index (χ2v) is 2.55. The van der Waals surface area contributed by atoms with Crippen LogP contribution in [-0.2, 0) is 11.8 Å². The Labute approximate surface area is 78.8 Å². The van der Waals surface area contributed by atoms with Crippen LogP contribution in [0.5, 0.6) is 0 Å². The summed E-state index contributed by atoms with van der Waals surface area (Å²) in [6.07, 6.45) is 0.371. The summed E-state index contributed by atoms with van der Waals surface area (Å²) >= 11 is 0. The molecule has 1 aromatic heterocycles. The fraction of sp³-hybridized carbons (Fsp3) is 0.286. The number of H-pyrrole nitrogens is 1. The number of hydrogen-bond donors (Lipinski definition) is 3. The van der Waals surface area contributed by atoms with Crippen LogP contribution in [0.3, 0.4) is 0 Å². The van der Waals surface area contributed by atoms with E-state index in [1.165, 1.54) is 11.6 Å². The zero-order valence-corrected chi connectivity index (χ0v) is 7.75. The molecule has 0 aliphatic heterocycles. The topological polar surface area (TPSA) is 96.0 Å². The molecule has 0 aromatic carbocycles. The number of carbonyl (C=O) groups is 1. The maximum absolute atomic E-state index is 11.2. The van der Waals surface area contributed by atoms with Gasteiger partial charge in [-0.1, -0.05) is 0 Å². The number of hydrogen-bond acceptors (Lipinski definition) is 4. The Bertz CT molecular complexity index is 459. The van der Waals surface area contributed by atoms with E-state index in [2.05, 4.69) is 15.6 Å². The Balaban J connectivity index is 3.54. The van der Waals surface area contributed by atoms with Gasteiger partial charge in [0.05, 0.1) is 0 Å². The zero-order valence-electron chi connectivity index (χ0n) is 7.75. The summed E-state index contributed by atoms with van der Waals surface area (Å²) in [4.78, 5) is 34.6. The molecule has 7 nitrogen and oxygen atoms in total. The standard InChI is InChI=1S/C7H10N4O3/c1-8-5-4(9-3-12)6(13)10-7(14)11(5)2/h3,8H,1-2H3,(H,9,12)(H,10,13,14). The van der Waals surface area contributed by atoms with Crippen molar-refractivity contribution in [2.24, 2.45) is 7.05 Å². The Morgan fingerprint density at radius 3 is 2.57 bits per heavy atom. The van der Waals surface area contributed by atoms with Crippen LogP contribution < -0.4 is 21.9 Å². The lowest BCUT2D eigenvalue weighted by atomic mass is 10.4. The van der Waals surface area contributed by atoms with E-state index in [9.17, 15) is 14.4 Å². The minimum absolute atomic E-state index is 0.0181. The second-order valence-electron chi connectivity index (χ2n) is 2.55. The molecule has 0 saturated heterocycles. The maximum Gasteiger partial charge on any atom is 0.329 e. The van der Waals surface area contributed by atoms with Crippen molar-refractivity contribution >= 4 is 17.9 Å². The van der Waals surface area contributed by atoms with Crippen LogP contribution in [0.15, 0.2) is 9.59 Å². The van der Waals surface area contributed by atoms with Crippen LogP contribution in [0, 0.1) is 0 Å². The molecule has 7 heteroatoms. The Morgan fingerprint density at radius 2 is 2.07 bits per heavy atom. The normalized spacial score (nSPS) is 9.57. The molecular formula is C7H10N4O3. The molecular weight excluding hydrogens is 188 g/mol. The van der Waals surface area contributed by atoms with Gasteiger partial charge in [-0.05, 0) is 0 Å². The number of amides is 1. The third kappa shape index (κ3) is 1.51. The molecule has 0 aliphatic rings. The van der Waals surface area contributed by atoms with Crippen molar-refractivity contribution in [2.45, 2.75) is 0 Å². The van der Waals surface area contributed by atoms with E-state index in [0.29, 0.717) is 6.41 Å². The molecule has 1 amide bonds. The summed E-state index contributed by atoms with van der Waals surface area (Å²) in [7, 11) is 3.02. The van der Waals surface area contributed by atoms with Gasteiger partial charge in [-0.3, -0.25) is 19.1 Å². The fourth-order valence-corrected chi connectivity index (χ4v) is 1.11. The molecule has 0 unspecified atom stereocenters. The fourth-order valence-electron chi connectivity index (χ4n) is 1.11. The first-order chi connectivity index (χ1) is 6.61. The van der Waals surface area contributed by atoms with Crippen molar-refractivity contribution in [3.63, 3.8) is 0 Å². The largest absolute Gasteiger partial charge is 0.373 e. The number of aromatic amines is 1. The van der Waals surface area contributed by atoms with E-state index in [-0.39, 0.29) is 11.5 Å². The number of rotatable bonds is 3. The van der Waals surface area contributed by atoms with E-state index in [0.717, 1.165) is 0 Å². The monoisotopic (exact) mass is 198 g/mol. The molecule has 0 aliphatic carbocycles. The van der Waals surface area contributed by atoms with Gasteiger partial charge in [0.25, 0.3) is 5.56 Å². The number of aromatic nitrogens is 2. The number of nitrogens with zero attached hydrogens (tertiary/aromatic N) is 1. The molecule has 1 rings (SSSR count). The van der Waals surface area contributed by atoms with Gasteiger partial charge in [0.2, 0.25) is 6.41 Å². The molecule has 0 spiro atoms. The lowest BCUT2D eigenvalue weighted by molar-refractivity contribution is -0.105. The number of nitrogens with one attached hydrogen (secondary N) is 3. The van der Waals surface area contributed by atoms with Crippen LogP contribution in [0.2, 0.25) is 0 Å². The summed E-state index contributed by atoms with van der Waals surface area (Å²) < 4.78 is 1.19. The summed E-state index contributed by atoms with van der Waals surface area (Å²) in [6.45, 7) is 0. The first-order valence-corrected chi connectivity index (χ1v) is 3.83. The summed E-state index contributed by atoms with van der Waals surface area (Å²) in [5.74, 6) is 0.255. The molecule has 1 heterocycles. The number of carbonyl (C=O) groups excluding carboxylic acids is 1. The van der Waals surface area contributed by atoms with E-state index in [4.69, 9.17) is 0 Å². The third-order valence-electron chi connectivity index (χ3n) is 1.76. The second kappa shape index (κ2) is 3.77. The smallest absolute Gasteiger partial charge is 0.329 e. The lowest BCUT2D eigenvalue weighted by Gasteiger charge is -2.10. The molecule has 76 valence electrons. The maximum atomic E-state index is 11.2. The summed E-state index contributed by atoms with van der Waals surface area (Å²) in [5, 5.41) is 4.87. The Kier molecular flexibility index (Phi) is 2.70. The molecule has 3 N–H and O–H groups in total. The highest BCUT2D eigenvalue weighted by Crippen LogP contribution is 2.10. The Hall–Kier alpha value is -2.05. The van der Waals surface area contributed by atoms with E-state index < -0.39 is 11.2 Å². The van der Waals surface area contributed by atoms with Gasteiger partial charge in [-0.2, -0.15) is 0 Å². The average molecular weight is 198 g/mol. The predicted octanol–water partition coefficient (Wildman–Crippen LogP) is -1.32. The first kappa shape index (κ1) is 10.0. The van der Waals surface area contributed by atoms with Gasteiger partial charge < -0.3 is 10.6 Å². The molecule has 1 aromatic rings. The van der Waals surface area contributed by atoms with Crippen LogP contribution >= 0.6 is 0 Å². The molecule has 0 atom stereocenters. The summed E-state index contributed by atoms with van der Waals surface area (Å²) in [5.41, 5.74) is -1.16. The van der Waals surface area contributed by atoms with Gasteiger partial charge in [-0.25, -0.2) is 4.79 Å². The van der Waals surface area contributed by atoms with Gasteiger partial charge in [0, 0.05) is 14.1 Å². The third-order valence-corrected chi connectivity index (χ3v) is 1.76. The van der Waals surface area contributed by atoms with Gasteiger partial charge in [0.1, 0.15) is 11.5 Å².